The van der Waals surface area contributed by atoms with Gasteiger partial charge in [-0.3, -0.25) is 0 Å². The average molecular weight is 325 g/mol. The van der Waals surface area contributed by atoms with Gasteiger partial charge in [0.1, 0.15) is 5.82 Å². The van der Waals surface area contributed by atoms with Crippen LogP contribution in [0.25, 0.3) is 0 Å². The summed E-state index contributed by atoms with van der Waals surface area (Å²) in [4.78, 5) is 0. The van der Waals surface area contributed by atoms with Crippen molar-refractivity contribution < 1.29 is 26.3 Å². The van der Waals surface area contributed by atoms with E-state index < -0.39 is 0 Å². The Kier molecular flexibility index (Phi) is 7.71. The lowest BCUT2D eigenvalue weighted by molar-refractivity contribution is -0.00000543. The van der Waals surface area contributed by atoms with E-state index in [1.165, 1.54) is 6.07 Å². The number of halogens is 2. The molecule has 0 bridgehead atoms. The molecule has 120 valence electrons. The van der Waals surface area contributed by atoms with Crippen molar-refractivity contribution in [2.75, 3.05) is 20.8 Å². The molecular weight excluding hydrogens is 305 g/mol. The van der Waals surface area contributed by atoms with Gasteiger partial charge in [-0.1, -0.05) is 24.3 Å². The zero-order chi connectivity index (χ0) is 15.1. The van der Waals surface area contributed by atoms with Crippen LogP contribution >= 0.6 is 0 Å². The lowest BCUT2D eigenvalue weighted by Crippen LogP contribution is -3.00. The molecule has 1 N–H and O–H groups in total. The standard InChI is InChI=1S/C17H20FNO2.ClH/c1-20-16-8-7-13(11-17(16)21-2)12-19-10-9-14-5-3-4-6-15(14)18;/h3-8,11,19H,9-10,12H2,1-2H3;1H/p-1. The third-order valence-electron chi connectivity index (χ3n) is 3.31. The summed E-state index contributed by atoms with van der Waals surface area (Å²) in [5.74, 6) is 1.28. The Balaban J connectivity index is 0.00000242. The van der Waals surface area contributed by atoms with Gasteiger partial charge in [-0.15, -0.1) is 0 Å². The molecule has 2 rings (SSSR count). The predicted octanol–water partition coefficient (Wildman–Crippen LogP) is 0.179. The second-order valence-electron chi connectivity index (χ2n) is 4.71. The molecule has 0 unspecified atom stereocenters. The van der Waals surface area contributed by atoms with Gasteiger partial charge in [-0.25, -0.2) is 4.39 Å². The van der Waals surface area contributed by atoms with E-state index in [9.17, 15) is 4.39 Å². The summed E-state index contributed by atoms with van der Waals surface area (Å²) in [6, 6.07) is 12.7. The van der Waals surface area contributed by atoms with Crippen LogP contribution in [0.1, 0.15) is 11.1 Å². The molecule has 0 aliphatic rings. The first-order valence-corrected chi connectivity index (χ1v) is 6.89. The average Bonchev–Trinajstić information content (AvgIpc) is 2.52. The molecule has 0 aromatic heterocycles. The Labute approximate surface area is 136 Å². The third kappa shape index (κ3) is 4.90. The van der Waals surface area contributed by atoms with Gasteiger partial charge in [0.25, 0.3) is 0 Å². The van der Waals surface area contributed by atoms with Crippen molar-refractivity contribution in [1.82, 2.24) is 5.32 Å². The molecule has 0 saturated carbocycles. The summed E-state index contributed by atoms with van der Waals surface area (Å²) in [5, 5.41) is 3.30. The fourth-order valence-corrected chi connectivity index (χ4v) is 2.15. The monoisotopic (exact) mass is 324 g/mol. The minimum Gasteiger partial charge on any atom is -1.00 e. The first-order valence-electron chi connectivity index (χ1n) is 6.89. The minimum atomic E-state index is -0.148. The molecule has 3 nitrogen and oxygen atoms in total. The number of nitrogens with one attached hydrogen (secondary N) is 1. The fourth-order valence-electron chi connectivity index (χ4n) is 2.15. The van der Waals surface area contributed by atoms with Gasteiger partial charge in [0, 0.05) is 6.54 Å². The molecule has 0 spiro atoms. The quantitative estimate of drug-likeness (QED) is 0.737. The highest BCUT2D eigenvalue weighted by atomic mass is 35.5. The van der Waals surface area contributed by atoms with Crippen molar-refractivity contribution in [3.8, 4) is 11.5 Å². The lowest BCUT2D eigenvalue weighted by Gasteiger charge is -2.10. The molecule has 2 aromatic carbocycles. The molecule has 0 amide bonds. The summed E-state index contributed by atoms with van der Waals surface area (Å²) in [6.45, 7) is 1.42. The highest BCUT2D eigenvalue weighted by molar-refractivity contribution is 5.42. The van der Waals surface area contributed by atoms with Crippen LogP contribution in [0.15, 0.2) is 42.5 Å². The van der Waals surface area contributed by atoms with Gasteiger partial charge in [-0.05, 0) is 42.3 Å². The number of hydrogen-bond donors (Lipinski definition) is 1. The largest absolute Gasteiger partial charge is 1.00 e. The van der Waals surface area contributed by atoms with Crippen LogP contribution in [-0.2, 0) is 13.0 Å². The van der Waals surface area contributed by atoms with Crippen LogP contribution in [-0.4, -0.2) is 20.8 Å². The number of benzene rings is 2. The van der Waals surface area contributed by atoms with Crippen LogP contribution in [0.4, 0.5) is 4.39 Å². The highest BCUT2D eigenvalue weighted by Gasteiger charge is 2.04. The Hall–Kier alpha value is -1.78. The summed E-state index contributed by atoms with van der Waals surface area (Å²) < 4.78 is 23.9. The highest BCUT2D eigenvalue weighted by Crippen LogP contribution is 2.27. The number of rotatable bonds is 7. The van der Waals surface area contributed by atoms with Gasteiger partial charge in [0.05, 0.1) is 14.2 Å². The van der Waals surface area contributed by atoms with Crippen molar-refractivity contribution in [1.29, 1.82) is 0 Å². The SMILES string of the molecule is COc1ccc(CNCCc2ccccc2F)cc1OC.[Cl-]. The summed E-state index contributed by atoms with van der Waals surface area (Å²) in [6.07, 6.45) is 0.667. The van der Waals surface area contributed by atoms with Gasteiger partial charge < -0.3 is 27.2 Å². The molecule has 22 heavy (non-hydrogen) atoms. The zero-order valence-electron chi connectivity index (χ0n) is 12.7. The van der Waals surface area contributed by atoms with Crippen LogP contribution in [0.2, 0.25) is 0 Å². The van der Waals surface area contributed by atoms with Crippen molar-refractivity contribution in [2.45, 2.75) is 13.0 Å². The molecular formula is C17H20ClFNO2-. The Morgan fingerprint density at radius 1 is 1.00 bits per heavy atom. The third-order valence-corrected chi connectivity index (χ3v) is 3.31. The maximum Gasteiger partial charge on any atom is 0.161 e. The van der Waals surface area contributed by atoms with E-state index in [-0.39, 0.29) is 18.2 Å². The predicted molar refractivity (Wildman–Crippen MR) is 81.4 cm³/mol. The molecule has 0 aliphatic heterocycles. The maximum atomic E-state index is 13.5. The van der Waals surface area contributed by atoms with E-state index >= 15 is 0 Å². The maximum absolute atomic E-state index is 13.5. The number of methoxy groups -OCH3 is 2. The van der Waals surface area contributed by atoms with Gasteiger partial charge in [0.2, 0.25) is 0 Å². The molecule has 0 radical (unpaired) electrons. The minimum absolute atomic E-state index is 0. The van der Waals surface area contributed by atoms with Crippen molar-refractivity contribution in [2.24, 2.45) is 0 Å². The van der Waals surface area contributed by atoms with Crippen molar-refractivity contribution in [3.63, 3.8) is 0 Å². The van der Waals surface area contributed by atoms with E-state index in [1.54, 1.807) is 20.3 Å². The van der Waals surface area contributed by atoms with Gasteiger partial charge >= 0.3 is 0 Å². The first-order chi connectivity index (χ1) is 10.2. The normalized spacial score (nSPS) is 9.95. The fraction of sp³-hybridized carbons (Fsp3) is 0.294. The molecule has 5 heteroatoms. The Bertz CT molecular complexity index is 593. The number of ether oxygens (including phenoxy) is 2. The second-order valence-corrected chi connectivity index (χ2v) is 4.71. The van der Waals surface area contributed by atoms with E-state index in [0.717, 1.165) is 17.7 Å². The molecule has 0 heterocycles. The van der Waals surface area contributed by atoms with Crippen LogP contribution < -0.4 is 27.2 Å². The second kappa shape index (κ2) is 9.28. The van der Waals surface area contributed by atoms with Crippen LogP contribution in [0.3, 0.4) is 0 Å². The van der Waals surface area contributed by atoms with Crippen molar-refractivity contribution in [3.05, 3.63) is 59.4 Å². The van der Waals surface area contributed by atoms with E-state index in [2.05, 4.69) is 5.32 Å². The van der Waals surface area contributed by atoms with Gasteiger partial charge in [-0.2, -0.15) is 0 Å². The number of hydrogen-bond acceptors (Lipinski definition) is 3. The molecule has 0 fully saturated rings. The lowest BCUT2D eigenvalue weighted by atomic mass is 10.1. The van der Waals surface area contributed by atoms with E-state index in [4.69, 9.17) is 9.47 Å². The first kappa shape index (κ1) is 18.3. The molecule has 0 atom stereocenters. The summed E-state index contributed by atoms with van der Waals surface area (Å²) in [7, 11) is 3.23. The van der Waals surface area contributed by atoms with Crippen LogP contribution in [0.5, 0.6) is 11.5 Å². The topological polar surface area (TPSA) is 30.5 Å². The van der Waals surface area contributed by atoms with Gasteiger partial charge in [0.15, 0.2) is 11.5 Å². The molecule has 2 aromatic rings. The van der Waals surface area contributed by atoms with Crippen molar-refractivity contribution >= 4 is 0 Å². The summed E-state index contributed by atoms with van der Waals surface area (Å²) in [5.41, 5.74) is 1.83. The summed E-state index contributed by atoms with van der Waals surface area (Å²) >= 11 is 0. The van der Waals surface area contributed by atoms with E-state index in [0.29, 0.717) is 24.5 Å². The van der Waals surface area contributed by atoms with E-state index in [1.807, 2.05) is 30.3 Å². The Morgan fingerprint density at radius 3 is 2.41 bits per heavy atom. The molecule has 0 aliphatic carbocycles. The van der Waals surface area contributed by atoms with Crippen LogP contribution in [0, 0.1) is 5.82 Å². The Morgan fingerprint density at radius 2 is 1.73 bits per heavy atom. The zero-order valence-corrected chi connectivity index (χ0v) is 13.5. The smallest absolute Gasteiger partial charge is 0.161 e. The molecule has 0 saturated heterocycles.